The molecule has 0 saturated carbocycles. The summed E-state index contributed by atoms with van der Waals surface area (Å²) in [5.41, 5.74) is 1.95. The first kappa shape index (κ1) is 13.6. The van der Waals surface area contributed by atoms with Crippen molar-refractivity contribution in [3.8, 4) is 0 Å². The van der Waals surface area contributed by atoms with Crippen LogP contribution in [0.25, 0.3) is 0 Å². The molecule has 1 amide bonds. The van der Waals surface area contributed by atoms with Gasteiger partial charge in [-0.3, -0.25) is 4.79 Å². The van der Waals surface area contributed by atoms with Gasteiger partial charge in [-0.05, 0) is 58.8 Å². The first-order valence-electron chi connectivity index (χ1n) is 6.54. The van der Waals surface area contributed by atoms with Crippen molar-refractivity contribution in [3.05, 3.63) is 33.8 Å². The Bertz CT molecular complexity index is 458. The largest absolute Gasteiger partial charge is 0.338 e. The van der Waals surface area contributed by atoms with Gasteiger partial charge in [-0.1, -0.05) is 19.9 Å². The Morgan fingerprint density at radius 2 is 2.06 bits per heavy atom. The summed E-state index contributed by atoms with van der Waals surface area (Å²) in [5.74, 6) is 1.46. The van der Waals surface area contributed by atoms with Gasteiger partial charge in [0.15, 0.2) is 0 Å². The molecule has 0 N–H and O–H groups in total. The van der Waals surface area contributed by atoms with Crippen molar-refractivity contribution in [3.63, 3.8) is 0 Å². The minimum Gasteiger partial charge on any atom is -0.338 e. The van der Waals surface area contributed by atoms with Crippen LogP contribution in [-0.2, 0) is 0 Å². The maximum absolute atomic E-state index is 12.5. The zero-order valence-corrected chi connectivity index (χ0v) is 12.8. The Kier molecular flexibility index (Phi) is 4.10. The van der Waals surface area contributed by atoms with Crippen molar-refractivity contribution in [1.29, 1.82) is 0 Å². The first-order chi connectivity index (χ1) is 8.49. The van der Waals surface area contributed by atoms with Crippen LogP contribution in [0.4, 0.5) is 0 Å². The Hall–Kier alpha value is -0.830. The van der Waals surface area contributed by atoms with Crippen LogP contribution < -0.4 is 0 Å². The molecule has 2 rings (SSSR count). The summed E-state index contributed by atoms with van der Waals surface area (Å²) in [6.45, 7) is 8.29. The van der Waals surface area contributed by atoms with Gasteiger partial charge >= 0.3 is 0 Å². The quantitative estimate of drug-likeness (QED) is 0.771. The lowest BCUT2D eigenvalue weighted by Crippen LogP contribution is -2.42. The normalized spacial score (nSPS) is 24.1. The van der Waals surface area contributed by atoms with Crippen LogP contribution in [0.2, 0.25) is 0 Å². The number of likely N-dealkylation sites (tertiary alicyclic amines) is 1. The van der Waals surface area contributed by atoms with Gasteiger partial charge in [-0.2, -0.15) is 0 Å². The van der Waals surface area contributed by atoms with Crippen LogP contribution in [0, 0.1) is 18.8 Å². The minimum atomic E-state index is 0.153. The van der Waals surface area contributed by atoms with Crippen molar-refractivity contribution in [2.75, 3.05) is 13.1 Å². The molecule has 1 aliphatic rings. The molecule has 3 heteroatoms. The summed E-state index contributed by atoms with van der Waals surface area (Å²) in [5, 5.41) is 0. The fraction of sp³-hybridized carbons (Fsp3) is 0.533. The number of carbonyl (C=O) groups excluding carboxylic acids is 1. The number of benzene rings is 1. The maximum atomic E-state index is 12.5. The van der Waals surface area contributed by atoms with Crippen molar-refractivity contribution < 1.29 is 4.79 Å². The van der Waals surface area contributed by atoms with Crippen LogP contribution in [-0.4, -0.2) is 23.9 Å². The first-order valence-corrected chi connectivity index (χ1v) is 7.33. The molecule has 0 aromatic heterocycles. The van der Waals surface area contributed by atoms with E-state index in [1.54, 1.807) is 0 Å². The highest BCUT2D eigenvalue weighted by molar-refractivity contribution is 9.10. The third-order valence-corrected chi connectivity index (χ3v) is 4.63. The third-order valence-electron chi connectivity index (χ3n) is 3.98. The Labute approximate surface area is 117 Å². The van der Waals surface area contributed by atoms with Crippen LogP contribution in [0.1, 0.15) is 36.2 Å². The molecular weight excluding hydrogens is 290 g/mol. The van der Waals surface area contributed by atoms with E-state index in [1.165, 1.54) is 5.56 Å². The molecular formula is C15H20BrNO. The standard InChI is InChI=1S/C15H20BrNO/c1-10-4-5-13(14(16)8-10)15(18)17-7-6-11(2)12(3)9-17/h4-5,8,11-12H,6-7,9H2,1-3H3. The number of rotatable bonds is 1. The number of halogens is 1. The highest BCUT2D eigenvalue weighted by Crippen LogP contribution is 2.26. The van der Waals surface area contributed by atoms with Crippen molar-refractivity contribution in [2.24, 2.45) is 11.8 Å². The molecule has 1 saturated heterocycles. The number of hydrogen-bond acceptors (Lipinski definition) is 1. The van der Waals surface area contributed by atoms with E-state index in [2.05, 4.69) is 29.8 Å². The second-order valence-corrected chi connectivity index (χ2v) is 6.33. The van der Waals surface area contributed by atoms with Crippen LogP contribution in [0.15, 0.2) is 22.7 Å². The van der Waals surface area contributed by atoms with Gasteiger partial charge in [0.05, 0.1) is 5.56 Å². The summed E-state index contributed by atoms with van der Waals surface area (Å²) in [7, 11) is 0. The molecule has 0 radical (unpaired) electrons. The Balaban J connectivity index is 2.16. The lowest BCUT2D eigenvalue weighted by molar-refractivity contribution is 0.0626. The average molecular weight is 310 g/mol. The highest BCUT2D eigenvalue weighted by atomic mass is 79.9. The summed E-state index contributed by atoms with van der Waals surface area (Å²) in [4.78, 5) is 14.5. The zero-order chi connectivity index (χ0) is 13.3. The molecule has 1 aromatic rings. The van der Waals surface area contributed by atoms with E-state index in [9.17, 15) is 4.79 Å². The van der Waals surface area contributed by atoms with Gasteiger partial charge in [0.25, 0.3) is 5.91 Å². The summed E-state index contributed by atoms with van der Waals surface area (Å²) in [6, 6.07) is 5.92. The number of aryl methyl sites for hydroxylation is 1. The molecule has 2 unspecified atom stereocenters. The molecule has 0 aliphatic carbocycles. The number of carbonyl (C=O) groups is 1. The molecule has 1 heterocycles. The van der Waals surface area contributed by atoms with E-state index < -0.39 is 0 Å². The van der Waals surface area contributed by atoms with Gasteiger partial charge in [0, 0.05) is 17.6 Å². The van der Waals surface area contributed by atoms with E-state index in [0.29, 0.717) is 5.92 Å². The van der Waals surface area contributed by atoms with E-state index >= 15 is 0 Å². The van der Waals surface area contributed by atoms with Gasteiger partial charge in [-0.15, -0.1) is 0 Å². The van der Waals surface area contributed by atoms with Crippen molar-refractivity contribution >= 4 is 21.8 Å². The topological polar surface area (TPSA) is 20.3 Å². The van der Waals surface area contributed by atoms with Crippen LogP contribution in [0.5, 0.6) is 0 Å². The molecule has 1 aromatic carbocycles. The van der Waals surface area contributed by atoms with E-state index in [0.717, 1.165) is 35.5 Å². The summed E-state index contributed by atoms with van der Waals surface area (Å²) >= 11 is 3.49. The summed E-state index contributed by atoms with van der Waals surface area (Å²) < 4.78 is 0.902. The fourth-order valence-electron chi connectivity index (χ4n) is 2.41. The zero-order valence-electron chi connectivity index (χ0n) is 11.2. The second-order valence-electron chi connectivity index (χ2n) is 5.48. The molecule has 2 atom stereocenters. The maximum Gasteiger partial charge on any atom is 0.255 e. The highest BCUT2D eigenvalue weighted by Gasteiger charge is 2.27. The van der Waals surface area contributed by atoms with E-state index in [4.69, 9.17) is 0 Å². The van der Waals surface area contributed by atoms with Crippen molar-refractivity contribution in [1.82, 2.24) is 4.90 Å². The van der Waals surface area contributed by atoms with Gasteiger partial charge in [-0.25, -0.2) is 0 Å². The van der Waals surface area contributed by atoms with E-state index in [-0.39, 0.29) is 5.91 Å². The second kappa shape index (κ2) is 5.43. The lowest BCUT2D eigenvalue weighted by Gasteiger charge is -2.35. The molecule has 98 valence electrons. The SMILES string of the molecule is Cc1ccc(C(=O)N2CCC(C)C(C)C2)c(Br)c1. The van der Waals surface area contributed by atoms with Crippen LogP contribution >= 0.6 is 15.9 Å². The van der Waals surface area contributed by atoms with Gasteiger partial charge in [0.2, 0.25) is 0 Å². The molecule has 0 bridgehead atoms. The predicted octanol–water partition coefficient (Wildman–Crippen LogP) is 3.88. The monoisotopic (exact) mass is 309 g/mol. The molecule has 1 fully saturated rings. The van der Waals surface area contributed by atoms with Crippen LogP contribution in [0.3, 0.4) is 0 Å². The predicted molar refractivity (Wildman–Crippen MR) is 77.7 cm³/mol. The van der Waals surface area contributed by atoms with Gasteiger partial charge in [0.1, 0.15) is 0 Å². The Morgan fingerprint density at radius 1 is 1.33 bits per heavy atom. The van der Waals surface area contributed by atoms with Crippen molar-refractivity contribution in [2.45, 2.75) is 27.2 Å². The summed E-state index contributed by atoms with van der Waals surface area (Å²) in [6.07, 6.45) is 1.11. The number of amides is 1. The molecule has 18 heavy (non-hydrogen) atoms. The number of nitrogens with zero attached hydrogens (tertiary/aromatic N) is 1. The molecule has 2 nitrogen and oxygen atoms in total. The number of piperidine rings is 1. The van der Waals surface area contributed by atoms with E-state index in [1.807, 2.05) is 30.0 Å². The third kappa shape index (κ3) is 2.77. The molecule has 0 spiro atoms. The number of hydrogen-bond donors (Lipinski definition) is 0. The minimum absolute atomic E-state index is 0.153. The Morgan fingerprint density at radius 3 is 2.67 bits per heavy atom. The average Bonchev–Trinajstić information content (AvgIpc) is 2.32. The lowest BCUT2D eigenvalue weighted by atomic mass is 9.88. The molecule has 1 aliphatic heterocycles. The smallest absolute Gasteiger partial charge is 0.255 e. The van der Waals surface area contributed by atoms with Gasteiger partial charge < -0.3 is 4.90 Å². The fourth-order valence-corrected chi connectivity index (χ4v) is 3.07.